The van der Waals surface area contributed by atoms with E-state index in [9.17, 15) is 4.79 Å². The van der Waals surface area contributed by atoms with E-state index in [2.05, 4.69) is 22.2 Å². The van der Waals surface area contributed by atoms with Crippen LogP contribution in [0.5, 0.6) is 5.75 Å². The molecule has 1 aliphatic heterocycles. The Labute approximate surface area is 157 Å². The summed E-state index contributed by atoms with van der Waals surface area (Å²) in [6.07, 6.45) is 0.963. The standard InChI is InChI=1S/C19H24N2O4S/c1-13(9-15-3-5-16(6-4-15)25-11-19(22)23)21-7-8-24-18(10-21)17-12-26-14(2)20-17/h3-6,12-13,18H,7-11H2,1-2H3,(H,22,23). The summed E-state index contributed by atoms with van der Waals surface area (Å²) < 4.78 is 11.1. The molecule has 7 heteroatoms. The van der Waals surface area contributed by atoms with Gasteiger partial charge in [0.15, 0.2) is 6.61 Å². The highest BCUT2D eigenvalue weighted by Crippen LogP contribution is 2.25. The van der Waals surface area contributed by atoms with Crippen molar-refractivity contribution < 1.29 is 19.4 Å². The summed E-state index contributed by atoms with van der Waals surface area (Å²) in [5.41, 5.74) is 2.23. The zero-order chi connectivity index (χ0) is 18.5. The lowest BCUT2D eigenvalue weighted by atomic mass is 10.0. The van der Waals surface area contributed by atoms with E-state index in [0.29, 0.717) is 18.4 Å². The van der Waals surface area contributed by atoms with Crippen molar-refractivity contribution in [3.63, 3.8) is 0 Å². The Balaban J connectivity index is 1.55. The monoisotopic (exact) mass is 376 g/mol. The van der Waals surface area contributed by atoms with Gasteiger partial charge in [-0.1, -0.05) is 12.1 Å². The molecule has 1 saturated heterocycles. The number of carboxylic acids is 1. The van der Waals surface area contributed by atoms with E-state index in [0.717, 1.165) is 30.2 Å². The van der Waals surface area contributed by atoms with Crippen molar-refractivity contribution in [1.82, 2.24) is 9.88 Å². The largest absolute Gasteiger partial charge is 0.482 e. The molecular formula is C19H24N2O4S. The van der Waals surface area contributed by atoms with Gasteiger partial charge in [0, 0.05) is 24.5 Å². The number of ether oxygens (including phenoxy) is 2. The Morgan fingerprint density at radius 3 is 2.88 bits per heavy atom. The zero-order valence-corrected chi connectivity index (χ0v) is 15.9. The van der Waals surface area contributed by atoms with Crippen LogP contribution in [0.1, 0.15) is 29.3 Å². The molecule has 0 saturated carbocycles. The number of aryl methyl sites for hydroxylation is 1. The number of carboxylic acid groups (broad SMARTS) is 1. The molecule has 0 bridgehead atoms. The third kappa shape index (κ3) is 5.03. The topological polar surface area (TPSA) is 71.9 Å². The molecule has 1 N–H and O–H groups in total. The molecule has 26 heavy (non-hydrogen) atoms. The quantitative estimate of drug-likeness (QED) is 0.801. The fourth-order valence-electron chi connectivity index (χ4n) is 3.11. The van der Waals surface area contributed by atoms with E-state index in [-0.39, 0.29) is 12.7 Å². The normalized spacial score (nSPS) is 19.2. The Morgan fingerprint density at radius 1 is 1.46 bits per heavy atom. The van der Waals surface area contributed by atoms with Gasteiger partial charge < -0.3 is 14.6 Å². The summed E-state index contributed by atoms with van der Waals surface area (Å²) in [5, 5.41) is 11.8. The Hall–Kier alpha value is -1.96. The Bertz CT molecular complexity index is 731. The van der Waals surface area contributed by atoms with Gasteiger partial charge in [-0.15, -0.1) is 11.3 Å². The molecular weight excluding hydrogens is 352 g/mol. The molecule has 140 valence electrons. The molecule has 1 aliphatic rings. The highest BCUT2D eigenvalue weighted by atomic mass is 32.1. The van der Waals surface area contributed by atoms with Crippen LogP contribution in [0, 0.1) is 6.92 Å². The molecule has 0 spiro atoms. The second-order valence-corrected chi connectivity index (χ2v) is 7.59. The van der Waals surface area contributed by atoms with Gasteiger partial charge in [0.1, 0.15) is 11.9 Å². The third-order valence-electron chi connectivity index (χ3n) is 4.50. The van der Waals surface area contributed by atoms with Crippen LogP contribution in [-0.2, 0) is 16.0 Å². The van der Waals surface area contributed by atoms with Gasteiger partial charge in [-0.05, 0) is 38.0 Å². The molecule has 1 aromatic carbocycles. The van der Waals surface area contributed by atoms with Crippen molar-refractivity contribution in [3.8, 4) is 5.75 Å². The number of hydrogen-bond acceptors (Lipinski definition) is 6. The highest BCUT2D eigenvalue weighted by Gasteiger charge is 2.26. The summed E-state index contributed by atoms with van der Waals surface area (Å²) in [6.45, 7) is 6.41. The first-order chi connectivity index (χ1) is 12.5. The second-order valence-electron chi connectivity index (χ2n) is 6.53. The molecule has 1 aromatic heterocycles. The molecule has 3 rings (SSSR count). The molecule has 2 unspecified atom stereocenters. The Morgan fingerprint density at radius 2 is 2.23 bits per heavy atom. The van der Waals surface area contributed by atoms with Crippen LogP contribution in [0.15, 0.2) is 29.6 Å². The minimum Gasteiger partial charge on any atom is -0.482 e. The first kappa shape index (κ1) is 18.8. The van der Waals surface area contributed by atoms with E-state index < -0.39 is 5.97 Å². The van der Waals surface area contributed by atoms with E-state index >= 15 is 0 Å². The number of nitrogens with zero attached hydrogens (tertiary/aromatic N) is 2. The van der Waals surface area contributed by atoms with Crippen LogP contribution in [0.4, 0.5) is 0 Å². The van der Waals surface area contributed by atoms with Crippen LogP contribution in [0.3, 0.4) is 0 Å². The van der Waals surface area contributed by atoms with Crippen LogP contribution < -0.4 is 4.74 Å². The number of morpholine rings is 1. The minimum absolute atomic E-state index is 0.0444. The predicted molar refractivity (Wildman–Crippen MR) is 99.9 cm³/mol. The number of hydrogen-bond donors (Lipinski definition) is 1. The molecule has 6 nitrogen and oxygen atoms in total. The van der Waals surface area contributed by atoms with Gasteiger partial charge in [0.25, 0.3) is 0 Å². The third-order valence-corrected chi connectivity index (χ3v) is 5.30. The maximum atomic E-state index is 10.5. The highest BCUT2D eigenvalue weighted by molar-refractivity contribution is 7.09. The zero-order valence-electron chi connectivity index (χ0n) is 15.1. The van der Waals surface area contributed by atoms with Gasteiger partial charge in [-0.25, -0.2) is 9.78 Å². The van der Waals surface area contributed by atoms with Gasteiger partial charge >= 0.3 is 5.97 Å². The molecule has 2 atom stereocenters. The maximum absolute atomic E-state index is 10.5. The molecule has 0 amide bonds. The summed E-state index contributed by atoms with van der Waals surface area (Å²) in [7, 11) is 0. The van der Waals surface area contributed by atoms with Crippen LogP contribution in [-0.4, -0.2) is 53.3 Å². The summed E-state index contributed by atoms with van der Waals surface area (Å²) >= 11 is 1.66. The second kappa shape index (κ2) is 8.62. The van der Waals surface area contributed by atoms with Gasteiger partial charge in [-0.3, -0.25) is 4.90 Å². The van der Waals surface area contributed by atoms with Crippen molar-refractivity contribution in [3.05, 3.63) is 45.9 Å². The SMILES string of the molecule is Cc1nc(C2CN(C(C)Cc3ccc(OCC(=O)O)cc3)CCO2)cs1. The first-order valence-corrected chi connectivity index (χ1v) is 9.60. The number of carbonyl (C=O) groups is 1. The predicted octanol–water partition coefficient (Wildman–Crippen LogP) is 2.92. The number of benzene rings is 1. The van der Waals surface area contributed by atoms with Crippen molar-refractivity contribution in [2.75, 3.05) is 26.3 Å². The first-order valence-electron chi connectivity index (χ1n) is 8.72. The summed E-state index contributed by atoms with van der Waals surface area (Å²) in [6, 6.07) is 8.02. The molecule has 0 radical (unpaired) electrons. The minimum atomic E-state index is -0.972. The number of rotatable bonds is 7. The lowest BCUT2D eigenvalue weighted by Crippen LogP contribution is -2.44. The molecule has 0 aliphatic carbocycles. The van der Waals surface area contributed by atoms with Crippen LogP contribution in [0.2, 0.25) is 0 Å². The van der Waals surface area contributed by atoms with Crippen molar-refractivity contribution in [2.24, 2.45) is 0 Å². The average molecular weight is 376 g/mol. The smallest absolute Gasteiger partial charge is 0.341 e. The lowest BCUT2D eigenvalue weighted by Gasteiger charge is -2.36. The van der Waals surface area contributed by atoms with Crippen molar-refractivity contribution in [1.29, 1.82) is 0 Å². The number of aliphatic carboxylic acids is 1. The van der Waals surface area contributed by atoms with Crippen molar-refractivity contribution >= 4 is 17.3 Å². The molecule has 1 fully saturated rings. The van der Waals surface area contributed by atoms with E-state index in [1.54, 1.807) is 11.3 Å². The van der Waals surface area contributed by atoms with E-state index in [1.165, 1.54) is 5.56 Å². The van der Waals surface area contributed by atoms with Gasteiger partial charge in [0.05, 0.1) is 17.3 Å². The molecule has 2 aromatic rings. The van der Waals surface area contributed by atoms with E-state index in [1.807, 2.05) is 31.2 Å². The van der Waals surface area contributed by atoms with Crippen LogP contribution >= 0.6 is 11.3 Å². The fourth-order valence-corrected chi connectivity index (χ4v) is 3.77. The van der Waals surface area contributed by atoms with Crippen LogP contribution in [0.25, 0.3) is 0 Å². The average Bonchev–Trinajstić information content (AvgIpc) is 3.07. The number of aromatic nitrogens is 1. The van der Waals surface area contributed by atoms with Gasteiger partial charge in [-0.2, -0.15) is 0 Å². The maximum Gasteiger partial charge on any atom is 0.341 e. The molecule has 2 heterocycles. The van der Waals surface area contributed by atoms with Crippen molar-refractivity contribution in [2.45, 2.75) is 32.4 Å². The van der Waals surface area contributed by atoms with Gasteiger partial charge in [0.2, 0.25) is 0 Å². The van der Waals surface area contributed by atoms with E-state index in [4.69, 9.17) is 14.6 Å². The summed E-state index contributed by atoms with van der Waals surface area (Å²) in [5.74, 6) is -0.394. The lowest BCUT2D eigenvalue weighted by molar-refractivity contribution is -0.139. The number of thiazole rings is 1. The Kier molecular flexibility index (Phi) is 6.24. The summed E-state index contributed by atoms with van der Waals surface area (Å²) in [4.78, 5) is 17.6. The fraction of sp³-hybridized carbons (Fsp3) is 0.474.